The minimum atomic E-state index is -0.843. The van der Waals surface area contributed by atoms with Crippen LogP contribution < -0.4 is 0 Å². The van der Waals surface area contributed by atoms with E-state index in [1.165, 1.54) is 18.2 Å². The van der Waals surface area contributed by atoms with Crippen LogP contribution in [0.2, 0.25) is 0 Å². The number of rotatable bonds is 2. The van der Waals surface area contributed by atoms with Gasteiger partial charge in [-0.05, 0) is 29.3 Å². The largest absolute Gasteiger partial charge is 0.373 e. The molecule has 0 spiro atoms. The van der Waals surface area contributed by atoms with Crippen molar-refractivity contribution in [3.05, 3.63) is 59.9 Å². The van der Waals surface area contributed by atoms with Crippen LogP contribution in [0.25, 0.3) is 11.1 Å². The highest BCUT2D eigenvalue weighted by atomic mass is 19.1. The van der Waals surface area contributed by atoms with E-state index in [0.29, 0.717) is 11.1 Å². The molecule has 3 nitrogen and oxygen atoms in total. The van der Waals surface area contributed by atoms with Crippen molar-refractivity contribution < 1.29 is 19.3 Å². The molecule has 2 aromatic carbocycles. The molecule has 0 heterocycles. The van der Waals surface area contributed by atoms with Crippen LogP contribution >= 0.6 is 0 Å². The Bertz CT molecular complexity index is 535. The Morgan fingerprint density at radius 2 is 1.71 bits per heavy atom. The highest BCUT2D eigenvalue weighted by molar-refractivity contribution is 5.96. The predicted octanol–water partition coefficient (Wildman–Crippen LogP) is 3.12. The molecule has 0 saturated carbocycles. The summed E-state index contributed by atoms with van der Waals surface area (Å²) in [6, 6.07) is 12.3. The van der Waals surface area contributed by atoms with Crippen molar-refractivity contribution >= 4 is 5.97 Å². The quantitative estimate of drug-likeness (QED) is 0.639. The second-order valence-corrected chi connectivity index (χ2v) is 3.43. The zero-order valence-electron chi connectivity index (χ0n) is 8.76. The molecular weight excluding hydrogens is 223 g/mol. The summed E-state index contributed by atoms with van der Waals surface area (Å²) in [6.07, 6.45) is 0. The van der Waals surface area contributed by atoms with Crippen molar-refractivity contribution in [2.75, 3.05) is 0 Å². The summed E-state index contributed by atoms with van der Waals surface area (Å²) >= 11 is 0. The fourth-order valence-electron chi connectivity index (χ4n) is 1.59. The molecule has 2 aromatic rings. The number of hydrogen-bond donors (Lipinski definition) is 1. The first-order valence-corrected chi connectivity index (χ1v) is 4.93. The first kappa shape index (κ1) is 11.3. The average Bonchev–Trinajstić information content (AvgIpc) is 2.39. The Kier molecular flexibility index (Phi) is 3.16. The van der Waals surface area contributed by atoms with Gasteiger partial charge in [0.05, 0.1) is 5.56 Å². The molecule has 86 valence electrons. The van der Waals surface area contributed by atoms with Gasteiger partial charge in [-0.2, -0.15) is 5.26 Å². The minimum Gasteiger partial charge on any atom is -0.295 e. The van der Waals surface area contributed by atoms with Gasteiger partial charge in [0.25, 0.3) is 0 Å². The third kappa shape index (κ3) is 2.32. The van der Waals surface area contributed by atoms with E-state index in [0.717, 1.165) is 0 Å². The predicted molar refractivity (Wildman–Crippen MR) is 59.9 cm³/mol. The molecule has 0 amide bonds. The van der Waals surface area contributed by atoms with Crippen LogP contribution in [0.3, 0.4) is 0 Å². The maximum Gasteiger partial charge on any atom is 0.373 e. The molecule has 0 saturated heterocycles. The van der Waals surface area contributed by atoms with E-state index in [1.54, 1.807) is 30.3 Å². The Balaban J connectivity index is 2.51. The van der Waals surface area contributed by atoms with Crippen LogP contribution in [0, 0.1) is 5.82 Å². The molecule has 0 aliphatic carbocycles. The maximum absolute atomic E-state index is 12.8. The number of halogens is 1. The summed E-state index contributed by atoms with van der Waals surface area (Å²) in [6.45, 7) is 0. The topological polar surface area (TPSA) is 46.5 Å². The van der Waals surface area contributed by atoms with E-state index in [9.17, 15) is 9.18 Å². The van der Waals surface area contributed by atoms with Crippen molar-refractivity contribution in [3.63, 3.8) is 0 Å². The van der Waals surface area contributed by atoms with Crippen molar-refractivity contribution in [1.29, 1.82) is 0 Å². The second kappa shape index (κ2) is 4.76. The van der Waals surface area contributed by atoms with Gasteiger partial charge in [0, 0.05) is 0 Å². The number of hydrogen-bond acceptors (Lipinski definition) is 3. The summed E-state index contributed by atoms with van der Waals surface area (Å²) in [5, 5.41) is 8.39. The van der Waals surface area contributed by atoms with Crippen molar-refractivity contribution in [2.45, 2.75) is 0 Å². The molecule has 1 N–H and O–H groups in total. The van der Waals surface area contributed by atoms with E-state index in [2.05, 4.69) is 4.89 Å². The molecule has 2 rings (SSSR count). The van der Waals surface area contributed by atoms with Gasteiger partial charge in [-0.25, -0.2) is 9.18 Å². The van der Waals surface area contributed by atoms with Gasteiger partial charge in [0.1, 0.15) is 5.82 Å². The summed E-state index contributed by atoms with van der Waals surface area (Å²) in [5.74, 6) is -1.19. The summed E-state index contributed by atoms with van der Waals surface area (Å²) in [4.78, 5) is 15.0. The summed E-state index contributed by atoms with van der Waals surface area (Å²) in [5.41, 5.74) is 1.47. The lowest BCUT2D eigenvalue weighted by Crippen LogP contribution is -2.03. The molecule has 0 bridgehead atoms. The van der Waals surface area contributed by atoms with Gasteiger partial charge in [0.2, 0.25) is 0 Å². The molecule has 0 unspecified atom stereocenters. The molecule has 17 heavy (non-hydrogen) atoms. The molecule has 0 aliphatic rings. The highest BCUT2D eigenvalue weighted by Crippen LogP contribution is 2.24. The zero-order chi connectivity index (χ0) is 12.3. The Morgan fingerprint density at radius 1 is 1.06 bits per heavy atom. The van der Waals surface area contributed by atoms with Gasteiger partial charge in [-0.3, -0.25) is 4.89 Å². The third-order valence-corrected chi connectivity index (χ3v) is 2.39. The molecule has 0 aliphatic heterocycles. The SMILES string of the molecule is O=C(OO)c1ccccc1-c1ccc(F)cc1. The van der Waals surface area contributed by atoms with E-state index in [-0.39, 0.29) is 11.4 Å². The Hall–Kier alpha value is -2.20. The first-order valence-electron chi connectivity index (χ1n) is 4.93. The number of carbonyl (C=O) groups is 1. The van der Waals surface area contributed by atoms with Gasteiger partial charge in [-0.15, -0.1) is 0 Å². The number of benzene rings is 2. The van der Waals surface area contributed by atoms with Crippen molar-refractivity contribution in [3.8, 4) is 11.1 Å². The van der Waals surface area contributed by atoms with Crippen LogP contribution in [0.5, 0.6) is 0 Å². The fourth-order valence-corrected chi connectivity index (χ4v) is 1.59. The Morgan fingerprint density at radius 3 is 2.35 bits per heavy atom. The van der Waals surface area contributed by atoms with Gasteiger partial charge < -0.3 is 0 Å². The van der Waals surface area contributed by atoms with E-state index in [1.807, 2.05) is 0 Å². The van der Waals surface area contributed by atoms with Gasteiger partial charge >= 0.3 is 5.97 Å². The van der Waals surface area contributed by atoms with Gasteiger partial charge in [-0.1, -0.05) is 30.3 Å². The molecular formula is C13H9FO3. The lowest BCUT2D eigenvalue weighted by Gasteiger charge is -2.06. The van der Waals surface area contributed by atoms with Crippen LogP contribution in [-0.4, -0.2) is 11.2 Å². The maximum atomic E-state index is 12.8. The van der Waals surface area contributed by atoms with Crippen LogP contribution in [-0.2, 0) is 4.89 Å². The monoisotopic (exact) mass is 232 g/mol. The van der Waals surface area contributed by atoms with Crippen LogP contribution in [0.15, 0.2) is 48.5 Å². The first-order chi connectivity index (χ1) is 8.22. The standard InChI is InChI=1S/C13H9FO3/c14-10-7-5-9(6-8-10)11-3-1-2-4-12(11)13(15)17-16/h1-8,16H. The van der Waals surface area contributed by atoms with Crippen molar-refractivity contribution in [2.24, 2.45) is 0 Å². The fraction of sp³-hybridized carbons (Fsp3) is 0. The zero-order valence-corrected chi connectivity index (χ0v) is 8.76. The van der Waals surface area contributed by atoms with Crippen molar-refractivity contribution in [1.82, 2.24) is 0 Å². The van der Waals surface area contributed by atoms with Gasteiger partial charge in [0.15, 0.2) is 0 Å². The number of carbonyl (C=O) groups excluding carboxylic acids is 1. The minimum absolute atomic E-state index is 0.224. The highest BCUT2D eigenvalue weighted by Gasteiger charge is 2.13. The molecule has 0 atom stereocenters. The second-order valence-electron chi connectivity index (χ2n) is 3.43. The lowest BCUT2D eigenvalue weighted by atomic mass is 10.00. The van der Waals surface area contributed by atoms with E-state index in [4.69, 9.17) is 5.26 Å². The third-order valence-electron chi connectivity index (χ3n) is 2.39. The normalized spacial score (nSPS) is 10.0. The van der Waals surface area contributed by atoms with E-state index >= 15 is 0 Å². The lowest BCUT2D eigenvalue weighted by molar-refractivity contribution is -0.182. The summed E-state index contributed by atoms with van der Waals surface area (Å²) in [7, 11) is 0. The van der Waals surface area contributed by atoms with Crippen LogP contribution in [0.1, 0.15) is 10.4 Å². The molecule has 0 radical (unpaired) electrons. The summed E-state index contributed by atoms with van der Waals surface area (Å²) < 4.78 is 12.8. The van der Waals surface area contributed by atoms with E-state index < -0.39 is 5.97 Å². The average molecular weight is 232 g/mol. The molecule has 4 heteroatoms. The molecule has 0 fully saturated rings. The molecule has 0 aromatic heterocycles. The van der Waals surface area contributed by atoms with Crippen LogP contribution in [0.4, 0.5) is 4.39 Å². The smallest absolute Gasteiger partial charge is 0.295 e. The Labute approximate surface area is 97.0 Å².